The van der Waals surface area contributed by atoms with Gasteiger partial charge in [-0.05, 0) is 38.3 Å². The van der Waals surface area contributed by atoms with Gasteiger partial charge in [0.2, 0.25) is 10.0 Å². The lowest BCUT2D eigenvalue weighted by atomic mass is 9.98. The van der Waals surface area contributed by atoms with Gasteiger partial charge < -0.3 is 19.5 Å². The Hall–Kier alpha value is -1.52. The molecule has 0 aromatic heterocycles. The zero-order valence-corrected chi connectivity index (χ0v) is 17.5. The number of rotatable bonds is 9. The average Bonchev–Trinajstić information content (AvgIpc) is 2.71. The van der Waals surface area contributed by atoms with Crippen molar-refractivity contribution >= 4 is 16.3 Å². The topological polar surface area (TPSA) is 103 Å². The maximum absolute atomic E-state index is 11.6. The predicted octanol–water partition coefficient (Wildman–Crippen LogP) is 1.17. The van der Waals surface area contributed by atoms with Gasteiger partial charge >= 0.3 is 0 Å². The molecule has 0 saturated carbocycles. The number of benzene rings is 1. The highest BCUT2D eigenvalue weighted by atomic mass is 32.2. The summed E-state index contributed by atoms with van der Waals surface area (Å²) < 4.78 is 43.4. The van der Waals surface area contributed by atoms with Crippen molar-refractivity contribution in [2.75, 3.05) is 32.6 Å². The van der Waals surface area contributed by atoms with E-state index in [0.29, 0.717) is 19.0 Å². The van der Waals surface area contributed by atoms with E-state index in [2.05, 4.69) is 10.0 Å². The molecular formula is C20H30N2O6S. The summed E-state index contributed by atoms with van der Waals surface area (Å²) in [5, 5.41) is 3.36. The van der Waals surface area contributed by atoms with E-state index in [0.717, 1.165) is 44.1 Å². The van der Waals surface area contributed by atoms with Crippen LogP contribution in [0, 0.1) is 0 Å². The van der Waals surface area contributed by atoms with Gasteiger partial charge in [-0.25, -0.2) is 13.1 Å². The first kappa shape index (κ1) is 22.2. The van der Waals surface area contributed by atoms with Crippen molar-refractivity contribution in [1.29, 1.82) is 0 Å². The minimum Gasteiger partial charge on any atom is -0.486 e. The van der Waals surface area contributed by atoms with Gasteiger partial charge in [0.05, 0.1) is 31.7 Å². The monoisotopic (exact) mass is 426 g/mol. The molecule has 4 atom stereocenters. The van der Waals surface area contributed by atoms with Crippen LogP contribution in [0.4, 0.5) is 0 Å². The molecular weight excluding hydrogens is 396 g/mol. The Morgan fingerprint density at radius 1 is 1.28 bits per heavy atom. The van der Waals surface area contributed by atoms with Crippen LogP contribution in [0.5, 0.6) is 5.75 Å². The molecule has 1 aromatic rings. The van der Waals surface area contributed by atoms with Gasteiger partial charge in [-0.2, -0.15) is 0 Å². The summed E-state index contributed by atoms with van der Waals surface area (Å²) in [5.41, 5.74) is 0.944. The van der Waals surface area contributed by atoms with Crippen LogP contribution in [0.25, 0.3) is 0 Å². The van der Waals surface area contributed by atoms with Crippen LogP contribution >= 0.6 is 0 Å². The van der Waals surface area contributed by atoms with Crippen LogP contribution in [0.2, 0.25) is 0 Å². The van der Waals surface area contributed by atoms with Gasteiger partial charge in [0, 0.05) is 17.6 Å². The van der Waals surface area contributed by atoms with Gasteiger partial charge in [-0.1, -0.05) is 18.2 Å². The minimum absolute atomic E-state index is 0.0204. The molecule has 3 rings (SSSR count). The van der Waals surface area contributed by atoms with E-state index in [-0.39, 0.29) is 30.9 Å². The van der Waals surface area contributed by atoms with Crippen molar-refractivity contribution < 1.29 is 27.4 Å². The number of carbonyl (C=O) groups excluding carboxylic acids is 1. The molecule has 2 N–H and O–H groups in total. The summed E-state index contributed by atoms with van der Waals surface area (Å²) in [4.78, 5) is 10.6. The number of hydrogen-bond donors (Lipinski definition) is 2. The predicted molar refractivity (Wildman–Crippen MR) is 108 cm³/mol. The molecule has 8 nitrogen and oxygen atoms in total. The maximum Gasteiger partial charge on any atom is 0.209 e. The van der Waals surface area contributed by atoms with Crippen LogP contribution in [0.1, 0.15) is 37.4 Å². The number of carbonyl (C=O) groups is 1. The van der Waals surface area contributed by atoms with Crippen molar-refractivity contribution in [2.24, 2.45) is 0 Å². The first-order chi connectivity index (χ1) is 14.0. The largest absolute Gasteiger partial charge is 0.486 e. The van der Waals surface area contributed by atoms with Crippen LogP contribution in [0.15, 0.2) is 24.3 Å². The second-order valence-corrected chi connectivity index (χ2v) is 9.35. The highest BCUT2D eigenvalue weighted by Crippen LogP contribution is 2.34. The molecule has 0 unspecified atom stereocenters. The highest BCUT2D eigenvalue weighted by Gasteiger charge is 2.30. The summed E-state index contributed by atoms with van der Waals surface area (Å²) in [5.74, 6) is 0.671. The Labute approximate surface area is 172 Å². The molecule has 0 aliphatic carbocycles. The third-order valence-corrected chi connectivity index (χ3v) is 6.00. The normalized spacial score (nSPS) is 28.0. The summed E-state index contributed by atoms with van der Waals surface area (Å²) in [6, 6.07) is 7.40. The van der Waals surface area contributed by atoms with Crippen LogP contribution in [-0.2, 0) is 24.3 Å². The molecule has 1 aromatic carbocycles. The summed E-state index contributed by atoms with van der Waals surface area (Å²) >= 11 is 0. The lowest BCUT2D eigenvalue weighted by molar-refractivity contribution is -0.109. The molecule has 0 amide bonds. The van der Waals surface area contributed by atoms with Crippen LogP contribution in [0.3, 0.4) is 0 Å². The highest BCUT2D eigenvalue weighted by molar-refractivity contribution is 7.88. The Morgan fingerprint density at radius 2 is 2.10 bits per heavy atom. The fourth-order valence-electron chi connectivity index (χ4n) is 3.89. The fourth-order valence-corrected chi connectivity index (χ4v) is 4.72. The number of aldehydes is 1. The van der Waals surface area contributed by atoms with Gasteiger partial charge in [0.15, 0.2) is 6.29 Å². The molecule has 162 valence electrons. The Bertz CT molecular complexity index is 764. The lowest BCUT2D eigenvalue weighted by Crippen LogP contribution is -2.55. The molecule has 0 radical (unpaired) electrons. The van der Waals surface area contributed by atoms with Gasteiger partial charge in [-0.15, -0.1) is 0 Å². The quantitative estimate of drug-likeness (QED) is 0.572. The van der Waals surface area contributed by atoms with Gasteiger partial charge in [0.25, 0.3) is 0 Å². The zero-order valence-electron chi connectivity index (χ0n) is 16.7. The van der Waals surface area contributed by atoms with Crippen molar-refractivity contribution in [3.05, 3.63) is 29.8 Å². The van der Waals surface area contributed by atoms with Crippen molar-refractivity contribution in [2.45, 2.75) is 50.0 Å². The number of hydrogen-bond acceptors (Lipinski definition) is 7. The number of nitrogens with one attached hydrogen (secondary N) is 2. The molecule has 2 fully saturated rings. The number of sulfonamides is 1. The third kappa shape index (κ3) is 6.75. The summed E-state index contributed by atoms with van der Waals surface area (Å²) in [6.07, 6.45) is 5.15. The molecule has 9 heteroatoms. The molecule has 0 spiro atoms. The summed E-state index contributed by atoms with van der Waals surface area (Å²) in [7, 11) is -3.25. The molecule has 29 heavy (non-hydrogen) atoms. The fraction of sp³-hybridized carbons (Fsp3) is 0.650. The first-order valence-corrected chi connectivity index (χ1v) is 11.9. The van der Waals surface area contributed by atoms with E-state index in [1.54, 1.807) is 0 Å². The van der Waals surface area contributed by atoms with Crippen LogP contribution in [-0.4, -0.2) is 65.5 Å². The van der Waals surface area contributed by atoms with E-state index < -0.39 is 10.0 Å². The second-order valence-electron chi connectivity index (χ2n) is 7.57. The second kappa shape index (κ2) is 10.5. The number of ether oxygens (including phenoxy) is 3. The zero-order chi connectivity index (χ0) is 20.7. The van der Waals surface area contributed by atoms with E-state index in [9.17, 15) is 13.2 Å². The van der Waals surface area contributed by atoms with E-state index in [4.69, 9.17) is 14.2 Å². The molecule has 2 saturated heterocycles. The maximum atomic E-state index is 11.6. The minimum atomic E-state index is -3.25. The first-order valence-electron chi connectivity index (χ1n) is 10.1. The van der Waals surface area contributed by atoms with E-state index >= 15 is 0 Å². The molecule has 2 heterocycles. The smallest absolute Gasteiger partial charge is 0.209 e. The van der Waals surface area contributed by atoms with Gasteiger partial charge in [0.1, 0.15) is 12.4 Å². The van der Waals surface area contributed by atoms with Crippen LogP contribution < -0.4 is 14.8 Å². The molecule has 0 bridgehead atoms. The summed E-state index contributed by atoms with van der Waals surface area (Å²) in [6.45, 7) is 1.78. The van der Waals surface area contributed by atoms with Gasteiger partial charge in [-0.3, -0.25) is 4.79 Å². The lowest BCUT2D eigenvalue weighted by Gasteiger charge is -2.35. The Balaban J connectivity index is 1.49. The number of para-hydroxylation sites is 1. The Kier molecular flexibility index (Phi) is 8.02. The molecule has 2 aliphatic heterocycles. The third-order valence-electron chi connectivity index (χ3n) is 5.27. The van der Waals surface area contributed by atoms with Crippen molar-refractivity contribution in [1.82, 2.24) is 10.0 Å². The van der Waals surface area contributed by atoms with E-state index in [1.807, 2.05) is 24.3 Å². The van der Waals surface area contributed by atoms with E-state index in [1.165, 1.54) is 6.26 Å². The average molecular weight is 427 g/mol. The molecule has 2 aliphatic rings. The number of piperidine rings is 1. The van der Waals surface area contributed by atoms with Crippen molar-refractivity contribution in [3.8, 4) is 5.75 Å². The standard InChI is InChI=1S/C20H30N2O6S/c1-29(24,25)22-17-6-4-10-21-18(17)14-27-15-8-9-20(28-13-15)16-5-2-3-7-19(16)26-12-11-23/h2-3,5,7,11,15,17-18,20-22H,4,6,8-10,12-14H2,1H3/t15-,17+,18+,20-/m1/s1. The Morgan fingerprint density at radius 3 is 2.83 bits per heavy atom. The SMILES string of the molecule is CS(=O)(=O)N[C@H]1CCCN[C@H]1CO[C@@H]1CC[C@H](c2ccccc2OCC=O)OC1. The van der Waals surface area contributed by atoms with Crippen molar-refractivity contribution in [3.63, 3.8) is 0 Å².